The van der Waals surface area contributed by atoms with E-state index in [-0.39, 0.29) is 11.8 Å². The van der Waals surface area contributed by atoms with E-state index in [1.807, 2.05) is 13.0 Å². The maximum absolute atomic E-state index is 11.8. The number of aromatic nitrogens is 1. The number of nitrogens with two attached hydrogens (primary N) is 1. The van der Waals surface area contributed by atoms with Gasteiger partial charge in [-0.2, -0.15) is 0 Å². The van der Waals surface area contributed by atoms with Crippen molar-refractivity contribution in [3.05, 3.63) is 22.3 Å². The molecule has 0 saturated carbocycles. The highest BCUT2D eigenvalue weighted by molar-refractivity contribution is 9.10. The van der Waals surface area contributed by atoms with Crippen LogP contribution in [0.5, 0.6) is 0 Å². The smallest absolute Gasteiger partial charge is 0.228 e. The maximum Gasteiger partial charge on any atom is 0.228 e. The lowest BCUT2D eigenvalue weighted by Gasteiger charge is -2.17. The van der Waals surface area contributed by atoms with Crippen LogP contribution in [0.4, 0.5) is 5.82 Å². The van der Waals surface area contributed by atoms with E-state index < -0.39 is 0 Å². The molecule has 86 valence electrons. The molecule has 16 heavy (non-hydrogen) atoms. The van der Waals surface area contributed by atoms with E-state index >= 15 is 0 Å². The molecule has 0 bridgehead atoms. The van der Waals surface area contributed by atoms with E-state index in [1.165, 1.54) is 0 Å². The predicted octanol–water partition coefficient (Wildman–Crippen LogP) is 1.46. The number of anilines is 1. The summed E-state index contributed by atoms with van der Waals surface area (Å²) in [6.07, 6.45) is 2.25. The van der Waals surface area contributed by atoms with Gasteiger partial charge in [0, 0.05) is 23.6 Å². The summed E-state index contributed by atoms with van der Waals surface area (Å²) in [6.45, 7) is 3.19. The molecule has 2 N–H and O–H groups in total. The minimum Gasteiger partial charge on any atom is -0.330 e. The Morgan fingerprint density at radius 1 is 1.69 bits per heavy atom. The lowest BCUT2D eigenvalue weighted by atomic mass is 10.1. The Bertz CT molecular complexity index is 422. The molecule has 1 amide bonds. The fourth-order valence-electron chi connectivity index (χ4n) is 1.96. The van der Waals surface area contributed by atoms with Crippen LogP contribution >= 0.6 is 15.9 Å². The van der Waals surface area contributed by atoms with Crippen molar-refractivity contribution < 1.29 is 4.79 Å². The highest BCUT2D eigenvalue weighted by Crippen LogP contribution is 2.26. The number of rotatable bonds is 2. The third-order valence-corrected chi connectivity index (χ3v) is 3.25. The zero-order valence-corrected chi connectivity index (χ0v) is 10.7. The van der Waals surface area contributed by atoms with E-state index in [1.54, 1.807) is 11.1 Å². The third-order valence-electron chi connectivity index (χ3n) is 2.81. The average molecular weight is 284 g/mol. The topological polar surface area (TPSA) is 59.2 Å². The quantitative estimate of drug-likeness (QED) is 0.894. The average Bonchev–Trinajstić information content (AvgIpc) is 2.60. The molecule has 1 aromatic rings. The second-order valence-corrected chi connectivity index (χ2v) is 5.02. The summed E-state index contributed by atoms with van der Waals surface area (Å²) in [6, 6.07) is 1.96. The van der Waals surface area contributed by atoms with Crippen molar-refractivity contribution in [1.29, 1.82) is 0 Å². The van der Waals surface area contributed by atoms with Gasteiger partial charge in [0.2, 0.25) is 5.91 Å². The molecule has 1 fully saturated rings. The molecule has 0 radical (unpaired) electrons. The van der Waals surface area contributed by atoms with Gasteiger partial charge in [-0.05, 0) is 46.9 Å². The zero-order chi connectivity index (χ0) is 11.7. The molecule has 4 nitrogen and oxygen atoms in total. The first-order chi connectivity index (χ1) is 7.61. The van der Waals surface area contributed by atoms with Crippen LogP contribution in [-0.2, 0) is 4.79 Å². The van der Waals surface area contributed by atoms with Gasteiger partial charge in [0.05, 0.1) is 0 Å². The summed E-state index contributed by atoms with van der Waals surface area (Å²) in [5, 5.41) is 0. The molecule has 1 atom stereocenters. The number of aryl methyl sites for hydroxylation is 1. The van der Waals surface area contributed by atoms with E-state index in [2.05, 4.69) is 20.9 Å². The summed E-state index contributed by atoms with van der Waals surface area (Å²) in [5.74, 6) is 1.13. The third kappa shape index (κ3) is 2.10. The van der Waals surface area contributed by atoms with E-state index in [0.29, 0.717) is 19.5 Å². The highest BCUT2D eigenvalue weighted by Gasteiger charge is 2.31. The van der Waals surface area contributed by atoms with Crippen LogP contribution in [0.15, 0.2) is 16.7 Å². The Balaban J connectivity index is 2.28. The Morgan fingerprint density at radius 3 is 3.00 bits per heavy atom. The van der Waals surface area contributed by atoms with Crippen molar-refractivity contribution in [2.45, 2.75) is 13.3 Å². The minimum absolute atomic E-state index is 0.119. The summed E-state index contributed by atoms with van der Waals surface area (Å²) in [4.78, 5) is 17.8. The zero-order valence-electron chi connectivity index (χ0n) is 9.11. The molecule has 1 aliphatic heterocycles. The van der Waals surface area contributed by atoms with Crippen molar-refractivity contribution in [3.8, 4) is 0 Å². The first kappa shape index (κ1) is 11.5. The molecule has 2 rings (SSSR count). The van der Waals surface area contributed by atoms with Gasteiger partial charge in [0.25, 0.3) is 0 Å². The fourth-order valence-corrected chi connectivity index (χ4v) is 2.41. The molecule has 1 unspecified atom stereocenters. The van der Waals surface area contributed by atoms with Crippen LogP contribution in [0.3, 0.4) is 0 Å². The van der Waals surface area contributed by atoms with Crippen molar-refractivity contribution in [3.63, 3.8) is 0 Å². The molecule has 0 aliphatic carbocycles. The molecule has 5 heteroatoms. The standard InChI is InChI=1S/C11H14BrN3O/c1-7-2-9(12)5-14-11(7)15-6-8(4-13)3-10(15)16/h2,5,8H,3-4,6,13H2,1H3. The molecular weight excluding hydrogens is 270 g/mol. The van der Waals surface area contributed by atoms with Crippen LogP contribution in [-0.4, -0.2) is 24.0 Å². The van der Waals surface area contributed by atoms with E-state index in [9.17, 15) is 4.79 Å². The van der Waals surface area contributed by atoms with Gasteiger partial charge < -0.3 is 5.73 Å². The molecule has 0 aromatic carbocycles. The Labute approximate surface area is 103 Å². The van der Waals surface area contributed by atoms with Gasteiger partial charge in [0.15, 0.2) is 0 Å². The van der Waals surface area contributed by atoms with Gasteiger partial charge in [-0.15, -0.1) is 0 Å². The molecule has 2 heterocycles. The summed E-state index contributed by atoms with van der Waals surface area (Å²) in [5.41, 5.74) is 6.59. The summed E-state index contributed by atoms with van der Waals surface area (Å²) in [7, 11) is 0. The van der Waals surface area contributed by atoms with Crippen molar-refractivity contribution in [1.82, 2.24) is 4.98 Å². The Hall–Kier alpha value is -0.940. The van der Waals surface area contributed by atoms with Crippen LogP contribution in [0.25, 0.3) is 0 Å². The number of amides is 1. The monoisotopic (exact) mass is 283 g/mol. The maximum atomic E-state index is 11.8. The highest BCUT2D eigenvalue weighted by atomic mass is 79.9. The minimum atomic E-state index is 0.119. The molecule has 0 spiro atoms. The fraction of sp³-hybridized carbons (Fsp3) is 0.455. The predicted molar refractivity (Wildman–Crippen MR) is 66.2 cm³/mol. The van der Waals surface area contributed by atoms with Gasteiger partial charge >= 0.3 is 0 Å². The molecule has 1 saturated heterocycles. The first-order valence-electron chi connectivity index (χ1n) is 5.24. The largest absolute Gasteiger partial charge is 0.330 e. The van der Waals surface area contributed by atoms with Gasteiger partial charge in [-0.3, -0.25) is 9.69 Å². The number of hydrogen-bond acceptors (Lipinski definition) is 3. The van der Waals surface area contributed by atoms with Gasteiger partial charge in [0.1, 0.15) is 5.82 Å². The summed E-state index contributed by atoms with van der Waals surface area (Å²) < 4.78 is 0.927. The Morgan fingerprint density at radius 2 is 2.44 bits per heavy atom. The number of nitrogens with zero attached hydrogens (tertiary/aromatic N) is 2. The van der Waals surface area contributed by atoms with Crippen LogP contribution < -0.4 is 10.6 Å². The van der Waals surface area contributed by atoms with Crippen molar-refractivity contribution >= 4 is 27.7 Å². The Kier molecular flexibility index (Phi) is 3.25. The van der Waals surface area contributed by atoms with Crippen LogP contribution in [0.2, 0.25) is 0 Å². The molecular formula is C11H14BrN3O. The lowest BCUT2D eigenvalue weighted by Crippen LogP contribution is -2.27. The number of halogens is 1. The second-order valence-electron chi connectivity index (χ2n) is 4.10. The normalized spacial score (nSPS) is 20.6. The number of pyridine rings is 1. The first-order valence-corrected chi connectivity index (χ1v) is 6.03. The summed E-state index contributed by atoms with van der Waals surface area (Å²) >= 11 is 3.36. The van der Waals surface area contributed by atoms with Crippen LogP contribution in [0.1, 0.15) is 12.0 Å². The second kappa shape index (κ2) is 4.51. The van der Waals surface area contributed by atoms with E-state index in [0.717, 1.165) is 15.9 Å². The molecule has 1 aromatic heterocycles. The SMILES string of the molecule is Cc1cc(Br)cnc1N1CC(CN)CC1=O. The van der Waals surface area contributed by atoms with Crippen molar-refractivity contribution in [2.24, 2.45) is 11.7 Å². The molecule has 1 aliphatic rings. The van der Waals surface area contributed by atoms with Gasteiger partial charge in [-0.25, -0.2) is 4.98 Å². The lowest BCUT2D eigenvalue weighted by molar-refractivity contribution is -0.117. The van der Waals surface area contributed by atoms with Crippen LogP contribution in [0, 0.1) is 12.8 Å². The van der Waals surface area contributed by atoms with Gasteiger partial charge in [-0.1, -0.05) is 0 Å². The number of carbonyl (C=O) groups excluding carboxylic acids is 1. The number of carbonyl (C=O) groups is 1. The van der Waals surface area contributed by atoms with Crippen molar-refractivity contribution in [2.75, 3.05) is 18.0 Å². The number of hydrogen-bond donors (Lipinski definition) is 1. The van der Waals surface area contributed by atoms with E-state index in [4.69, 9.17) is 5.73 Å².